The second-order valence-electron chi connectivity index (χ2n) is 23.1. The third kappa shape index (κ3) is 6.97. The lowest BCUT2D eigenvalue weighted by atomic mass is 9.33. The first-order valence-corrected chi connectivity index (χ1v) is 23.2. The second kappa shape index (κ2) is 15.0. The maximum atomic E-state index is 14.2. The molecule has 3 N–H and O–H groups in total. The van der Waals surface area contributed by atoms with E-state index in [1.165, 1.54) is 5.57 Å². The number of Topliss-reactive ketones (excluding diaryl/α,β-unsaturated/α-hetero) is 1. The van der Waals surface area contributed by atoms with Crippen LogP contribution in [0.1, 0.15) is 157 Å². The number of allylic oxidation sites excluding steroid dienone is 2. The molecule has 330 valence electrons. The Hall–Kier alpha value is -3.20. The number of fused-ring (bicyclic) bond motifs is 7. The van der Waals surface area contributed by atoms with Crippen molar-refractivity contribution in [1.29, 1.82) is 0 Å². The van der Waals surface area contributed by atoms with Crippen LogP contribution in [0, 0.1) is 68.0 Å². The Morgan fingerprint density at radius 3 is 2.22 bits per heavy atom. The Balaban J connectivity index is 1.08. The van der Waals surface area contributed by atoms with E-state index in [0.29, 0.717) is 35.3 Å². The van der Waals surface area contributed by atoms with E-state index in [2.05, 4.69) is 59.1 Å². The zero-order chi connectivity index (χ0) is 44.2. The molecule has 1 aromatic rings. The summed E-state index contributed by atoms with van der Waals surface area (Å²) in [4.78, 5) is 66.7. The lowest BCUT2D eigenvalue weighted by Gasteiger charge is -2.72. The van der Waals surface area contributed by atoms with Gasteiger partial charge < -0.3 is 20.5 Å². The highest BCUT2D eigenvalue weighted by Crippen LogP contribution is 2.77. The number of carboxylic acids is 1. The summed E-state index contributed by atoms with van der Waals surface area (Å²) in [6, 6.07) is 6.81. The summed E-state index contributed by atoms with van der Waals surface area (Å²) < 4.78 is 6.42. The number of nitrogens with one attached hydrogen (secondary N) is 2. The van der Waals surface area contributed by atoms with Crippen molar-refractivity contribution in [2.24, 2.45) is 68.0 Å². The molecule has 0 unspecified atom stereocenters. The van der Waals surface area contributed by atoms with Crippen LogP contribution in [0.25, 0.3) is 0 Å². The summed E-state index contributed by atoms with van der Waals surface area (Å²) in [5.74, 6) is -1.05. The van der Waals surface area contributed by atoms with Crippen LogP contribution < -0.4 is 10.6 Å². The second-order valence-corrected chi connectivity index (χ2v) is 23.5. The van der Waals surface area contributed by atoms with Crippen molar-refractivity contribution < 1.29 is 33.8 Å². The van der Waals surface area contributed by atoms with Gasteiger partial charge in [-0.15, -0.1) is 0 Å². The molecule has 5 fully saturated rings. The minimum Gasteiger partial charge on any atom is -0.481 e. The summed E-state index contributed by atoms with van der Waals surface area (Å²) in [6.45, 7) is 24.2. The van der Waals surface area contributed by atoms with Crippen LogP contribution in [0.2, 0.25) is 5.02 Å². The molecule has 60 heavy (non-hydrogen) atoms. The highest BCUT2D eigenvalue weighted by Gasteiger charge is 2.70. The molecule has 0 aliphatic heterocycles. The number of carbonyl (C=O) groups is 5. The molecule has 0 saturated heterocycles. The Bertz CT molecular complexity index is 2000. The topological polar surface area (TPSA) is 139 Å². The quantitative estimate of drug-likeness (QED) is 0.199. The number of carbonyl (C=O) groups excluding carboxylic acids is 4. The van der Waals surface area contributed by atoms with E-state index in [-0.39, 0.29) is 76.1 Å². The molecular formula is C50H71ClN2O7. The van der Waals surface area contributed by atoms with Crippen molar-refractivity contribution in [3.05, 3.63) is 46.0 Å². The number of hydrogen-bond donors (Lipinski definition) is 3. The van der Waals surface area contributed by atoms with E-state index in [0.717, 1.165) is 56.9 Å². The van der Waals surface area contributed by atoms with Crippen molar-refractivity contribution >= 4 is 41.1 Å². The Morgan fingerprint density at radius 1 is 0.883 bits per heavy atom. The number of amides is 2. The zero-order valence-electron chi connectivity index (χ0n) is 38.1. The van der Waals surface area contributed by atoms with Gasteiger partial charge in [-0.25, -0.2) is 0 Å². The number of ketones is 1. The number of ether oxygens (including phenoxy) is 1. The Kier molecular flexibility index (Phi) is 11.2. The fourth-order valence-electron chi connectivity index (χ4n) is 14.8. The SMILES string of the molecule is CC(C)C1=C2[C@H]3CC[C@@H]4[C@@]5(C)CC[C@H](OC(=O)[C@H]6C[C@@H](C(=O)O)C6(C)C)C(C)(C)[C@@H]5CC[C@@]4(C)[C@]3(C)CC[C@@]2(CC(=O)NCC(C)(C)NC(=O)c2cccc(Cl)c2)CC1=O. The van der Waals surface area contributed by atoms with Crippen molar-refractivity contribution in [3.8, 4) is 0 Å². The summed E-state index contributed by atoms with van der Waals surface area (Å²) >= 11 is 6.13. The summed E-state index contributed by atoms with van der Waals surface area (Å²) in [5, 5.41) is 16.4. The largest absolute Gasteiger partial charge is 0.481 e. The van der Waals surface area contributed by atoms with Crippen LogP contribution >= 0.6 is 11.6 Å². The maximum Gasteiger partial charge on any atom is 0.309 e. The summed E-state index contributed by atoms with van der Waals surface area (Å²) in [6.07, 6.45) is 8.45. The predicted molar refractivity (Wildman–Crippen MR) is 233 cm³/mol. The first kappa shape index (κ1) is 44.8. The first-order valence-electron chi connectivity index (χ1n) is 22.8. The van der Waals surface area contributed by atoms with E-state index >= 15 is 0 Å². The standard InChI is InChI=1S/C50H71ClN2O7/c1-28(2)39-34(54)25-50(26-38(55)52-27-44(3,4)53-41(56)29-13-12-14-30(51)23-29)22-21-48(10)31(40(39)50)15-16-36-47(9)19-18-37(46(7,8)35(47)17-20-49(36,48)11)60-43(59)33-24-32(42(57)58)45(33,5)6/h12-14,23,28,31-33,35-37H,15-22,24-27H2,1-11H3,(H,52,55)(H,53,56)(H,57,58)/t31-,32+,33-,35+,36-,37+,47+,48-,49-,50+/m1/s1. The fourth-order valence-corrected chi connectivity index (χ4v) is 15.0. The third-order valence-electron chi connectivity index (χ3n) is 18.4. The molecule has 10 heteroatoms. The molecule has 1 aromatic carbocycles. The van der Waals surface area contributed by atoms with Gasteiger partial charge >= 0.3 is 11.9 Å². The van der Waals surface area contributed by atoms with Gasteiger partial charge in [0.05, 0.1) is 17.4 Å². The minimum atomic E-state index is -0.842. The number of benzene rings is 1. The van der Waals surface area contributed by atoms with E-state index in [4.69, 9.17) is 16.3 Å². The molecule has 0 aromatic heterocycles. The molecule has 0 radical (unpaired) electrons. The molecular weight excluding hydrogens is 776 g/mol. The fraction of sp³-hybridized carbons (Fsp3) is 0.740. The molecule has 5 saturated carbocycles. The van der Waals surface area contributed by atoms with Crippen molar-refractivity contribution in [2.75, 3.05) is 6.54 Å². The van der Waals surface area contributed by atoms with Gasteiger partial charge in [0.1, 0.15) is 6.10 Å². The highest BCUT2D eigenvalue weighted by atomic mass is 35.5. The molecule has 6 aliphatic carbocycles. The average Bonchev–Trinajstić information content (AvgIpc) is 3.43. The minimum absolute atomic E-state index is 0.0168. The number of esters is 1. The van der Waals surface area contributed by atoms with Crippen LogP contribution in [0.4, 0.5) is 0 Å². The molecule has 0 bridgehead atoms. The maximum absolute atomic E-state index is 14.2. The average molecular weight is 848 g/mol. The van der Waals surface area contributed by atoms with Crippen molar-refractivity contribution in [2.45, 2.75) is 158 Å². The van der Waals surface area contributed by atoms with Gasteiger partial charge in [-0.3, -0.25) is 24.0 Å². The third-order valence-corrected chi connectivity index (χ3v) is 18.6. The summed E-state index contributed by atoms with van der Waals surface area (Å²) in [7, 11) is 0. The van der Waals surface area contributed by atoms with E-state index < -0.39 is 34.2 Å². The lowest BCUT2D eigenvalue weighted by Crippen LogP contribution is -2.66. The number of hydrogen-bond acceptors (Lipinski definition) is 6. The van der Waals surface area contributed by atoms with Crippen LogP contribution in [0.3, 0.4) is 0 Å². The van der Waals surface area contributed by atoms with Gasteiger partial charge in [0, 0.05) is 40.8 Å². The molecule has 6 aliphatic rings. The molecule has 0 spiro atoms. The van der Waals surface area contributed by atoms with Crippen molar-refractivity contribution in [1.82, 2.24) is 10.6 Å². The monoisotopic (exact) mass is 846 g/mol. The number of carboxylic acid groups (broad SMARTS) is 1. The van der Waals surface area contributed by atoms with Gasteiger partial charge in [-0.05, 0) is 141 Å². The smallest absolute Gasteiger partial charge is 0.309 e. The van der Waals surface area contributed by atoms with Gasteiger partial charge in [-0.2, -0.15) is 0 Å². The molecule has 9 nitrogen and oxygen atoms in total. The van der Waals surface area contributed by atoms with E-state index in [9.17, 15) is 29.1 Å². The first-order chi connectivity index (χ1) is 27.7. The number of halogens is 1. The van der Waals surface area contributed by atoms with Gasteiger partial charge in [0.25, 0.3) is 5.91 Å². The Morgan fingerprint density at radius 2 is 1.58 bits per heavy atom. The van der Waals surface area contributed by atoms with Crippen molar-refractivity contribution in [3.63, 3.8) is 0 Å². The zero-order valence-corrected chi connectivity index (χ0v) is 38.9. The predicted octanol–water partition coefficient (Wildman–Crippen LogP) is 9.99. The molecule has 7 rings (SSSR count). The van der Waals surface area contributed by atoms with Crippen LogP contribution in [0.5, 0.6) is 0 Å². The van der Waals surface area contributed by atoms with E-state index in [1.54, 1.807) is 24.3 Å². The van der Waals surface area contributed by atoms with Crippen LogP contribution in [-0.4, -0.2) is 52.8 Å². The van der Waals surface area contributed by atoms with Crippen LogP contribution in [0.15, 0.2) is 35.4 Å². The van der Waals surface area contributed by atoms with Gasteiger partial charge in [0.2, 0.25) is 5.91 Å². The molecule has 10 atom stereocenters. The summed E-state index contributed by atoms with van der Waals surface area (Å²) in [5.41, 5.74) is 0.603. The number of rotatable bonds is 10. The molecule has 0 heterocycles. The Labute approximate surface area is 363 Å². The normalized spacial score (nSPS) is 37.8. The highest BCUT2D eigenvalue weighted by molar-refractivity contribution is 6.31. The number of aliphatic carboxylic acids is 1. The van der Waals surface area contributed by atoms with Gasteiger partial charge in [-0.1, -0.05) is 85.6 Å². The lowest BCUT2D eigenvalue weighted by molar-refractivity contribution is -0.236. The van der Waals surface area contributed by atoms with E-state index in [1.807, 2.05) is 27.7 Å². The molecule has 2 amide bonds. The van der Waals surface area contributed by atoms with Gasteiger partial charge in [0.15, 0.2) is 5.78 Å². The van der Waals surface area contributed by atoms with Crippen LogP contribution in [-0.2, 0) is 23.9 Å².